The summed E-state index contributed by atoms with van der Waals surface area (Å²) in [5.41, 5.74) is 1.50. The Kier molecular flexibility index (Phi) is 5.65. The molecule has 0 aliphatic heterocycles. The van der Waals surface area contributed by atoms with Crippen molar-refractivity contribution in [2.24, 2.45) is 0 Å². The molecule has 1 unspecified atom stereocenters. The molecule has 0 saturated carbocycles. The maximum atomic E-state index is 14.0. The van der Waals surface area contributed by atoms with Crippen LogP contribution in [-0.2, 0) is 12.8 Å². The van der Waals surface area contributed by atoms with E-state index in [1.54, 1.807) is 12.5 Å². The average molecular weight is 408 g/mol. The van der Waals surface area contributed by atoms with Crippen molar-refractivity contribution >= 4 is 5.91 Å². The van der Waals surface area contributed by atoms with Crippen molar-refractivity contribution < 1.29 is 18.1 Å². The van der Waals surface area contributed by atoms with Gasteiger partial charge in [-0.15, -0.1) is 0 Å². The number of aromatic amines is 1. The Morgan fingerprint density at radius 2 is 1.83 bits per heavy atom. The molecule has 6 nitrogen and oxygen atoms in total. The summed E-state index contributed by atoms with van der Waals surface area (Å²) in [6.07, 6.45) is 4.36. The van der Waals surface area contributed by atoms with Gasteiger partial charge in [0.05, 0.1) is 11.9 Å². The SMILES string of the molecule is O=C(NC(Cc1ccccc1)Cc1cnc[nH]1)c1cc(-c2c(F)cccc2F)no1. The van der Waals surface area contributed by atoms with Crippen LogP contribution in [0.3, 0.4) is 0 Å². The number of nitrogens with one attached hydrogen (secondary N) is 2. The van der Waals surface area contributed by atoms with Crippen LogP contribution in [-0.4, -0.2) is 27.1 Å². The Hall–Kier alpha value is -3.81. The highest BCUT2D eigenvalue weighted by Crippen LogP contribution is 2.25. The molecule has 1 amide bonds. The first-order chi connectivity index (χ1) is 14.6. The molecule has 30 heavy (non-hydrogen) atoms. The molecule has 0 spiro atoms. The third kappa shape index (κ3) is 4.43. The molecule has 0 saturated heterocycles. The molecule has 0 fully saturated rings. The first-order valence-corrected chi connectivity index (χ1v) is 9.33. The van der Waals surface area contributed by atoms with Gasteiger partial charge in [0.2, 0.25) is 5.76 Å². The Bertz CT molecular complexity index is 1110. The number of benzene rings is 2. The van der Waals surface area contributed by atoms with Crippen LogP contribution in [0.2, 0.25) is 0 Å². The van der Waals surface area contributed by atoms with Crippen molar-refractivity contribution in [3.8, 4) is 11.3 Å². The lowest BCUT2D eigenvalue weighted by atomic mass is 10.0. The number of halogens is 2. The molecular formula is C22H18F2N4O2. The zero-order valence-corrected chi connectivity index (χ0v) is 15.8. The largest absolute Gasteiger partial charge is 0.350 e. The number of carbonyl (C=O) groups excluding carboxylic acids is 1. The number of hydrogen-bond donors (Lipinski definition) is 2. The molecule has 1 atom stereocenters. The van der Waals surface area contributed by atoms with Crippen LogP contribution in [0.1, 0.15) is 21.8 Å². The van der Waals surface area contributed by atoms with E-state index in [1.807, 2.05) is 30.3 Å². The minimum atomic E-state index is -0.781. The first-order valence-electron chi connectivity index (χ1n) is 9.33. The number of imidazole rings is 1. The van der Waals surface area contributed by atoms with E-state index in [1.165, 1.54) is 12.1 Å². The van der Waals surface area contributed by atoms with Gasteiger partial charge in [-0.2, -0.15) is 0 Å². The fraction of sp³-hybridized carbons (Fsp3) is 0.136. The fourth-order valence-corrected chi connectivity index (χ4v) is 3.23. The predicted octanol–water partition coefficient (Wildman–Crippen LogP) is 3.93. The molecule has 8 heteroatoms. The van der Waals surface area contributed by atoms with Gasteiger partial charge in [-0.1, -0.05) is 41.6 Å². The molecule has 0 bridgehead atoms. The van der Waals surface area contributed by atoms with Gasteiger partial charge in [0.25, 0.3) is 5.91 Å². The third-order valence-electron chi connectivity index (χ3n) is 4.63. The van der Waals surface area contributed by atoms with Crippen LogP contribution < -0.4 is 5.32 Å². The van der Waals surface area contributed by atoms with Crippen molar-refractivity contribution in [1.29, 1.82) is 0 Å². The summed E-state index contributed by atoms with van der Waals surface area (Å²) in [7, 11) is 0. The zero-order valence-electron chi connectivity index (χ0n) is 15.8. The molecule has 4 rings (SSSR count). The zero-order chi connectivity index (χ0) is 20.9. The number of amides is 1. The number of hydrogen-bond acceptors (Lipinski definition) is 4. The summed E-state index contributed by atoms with van der Waals surface area (Å²) in [6.45, 7) is 0. The lowest BCUT2D eigenvalue weighted by Crippen LogP contribution is -2.38. The van der Waals surface area contributed by atoms with Gasteiger partial charge in [0.1, 0.15) is 17.3 Å². The molecule has 2 aromatic carbocycles. The maximum Gasteiger partial charge on any atom is 0.290 e. The molecule has 2 heterocycles. The molecule has 0 aliphatic carbocycles. The Morgan fingerprint density at radius 1 is 1.07 bits per heavy atom. The number of nitrogens with zero attached hydrogens (tertiary/aromatic N) is 2. The van der Waals surface area contributed by atoms with Crippen molar-refractivity contribution in [3.63, 3.8) is 0 Å². The smallest absolute Gasteiger partial charge is 0.290 e. The number of H-pyrrole nitrogens is 1. The highest BCUT2D eigenvalue weighted by atomic mass is 19.1. The van der Waals surface area contributed by atoms with Crippen LogP contribution in [0.15, 0.2) is 71.6 Å². The quantitative estimate of drug-likeness (QED) is 0.485. The van der Waals surface area contributed by atoms with E-state index in [9.17, 15) is 13.6 Å². The molecule has 2 aromatic heterocycles. The normalized spacial score (nSPS) is 11.9. The van der Waals surface area contributed by atoms with E-state index in [0.29, 0.717) is 12.8 Å². The minimum Gasteiger partial charge on any atom is -0.350 e. The van der Waals surface area contributed by atoms with E-state index in [-0.39, 0.29) is 23.1 Å². The Balaban J connectivity index is 1.53. The van der Waals surface area contributed by atoms with Crippen LogP contribution >= 0.6 is 0 Å². The van der Waals surface area contributed by atoms with E-state index in [4.69, 9.17) is 4.52 Å². The van der Waals surface area contributed by atoms with Crippen LogP contribution in [0.4, 0.5) is 8.78 Å². The second kappa shape index (κ2) is 8.69. The van der Waals surface area contributed by atoms with Crippen molar-refractivity contribution in [3.05, 3.63) is 95.8 Å². The third-order valence-corrected chi connectivity index (χ3v) is 4.63. The minimum absolute atomic E-state index is 0.0797. The monoisotopic (exact) mass is 408 g/mol. The lowest BCUT2D eigenvalue weighted by Gasteiger charge is -2.17. The van der Waals surface area contributed by atoms with Gasteiger partial charge >= 0.3 is 0 Å². The van der Waals surface area contributed by atoms with Crippen molar-refractivity contribution in [2.45, 2.75) is 18.9 Å². The topological polar surface area (TPSA) is 83.8 Å². The van der Waals surface area contributed by atoms with E-state index in [2.05, 4.69) is 20.4 Å². The second-order valence-corrected chi connectivity index (χ2v) is 6.81. The summed E-state index contributed by atoms with van der Waals surface area (Å²) >= 11 is 0. The Labute approximate surface area is 170 Å². The number of aromatic nitrogens is 3. The summed E-state index contributed by atoms with van der Waals surface area (Å²) in [6, 6.07) is 14.2. The fourth-order valence-electron chi connectivity index (χ4n) is 3.23. The summed E-state index contributed by atoms with van der Waals surface area (Å²) < 4.78 is 33.0. The summed E-state index contributed by atoms with van der Waals surface area (Å²) in [5, 5.41) is 6.57. The van der Waals surface area contributed by atoms with E-state index >= 15 is 0 Å². The molecule has 2 N–H and O–H groups in total. The van der Waals surface area contributed by atoms with Gasteiger partial charge in [-0.05, 0) is 24.1 Å². The van der Waals surface area contributed by atoms with Gasteiger partial charge < -0.3 is 14.8 Å². The van der Waals surface area contributed by atoms with E-state index in [0.717, 1.165) is 23.4 Å². The molecular weight excluding hydrogens is 390 g/mol. The highest BCUT2D eigenvalue weighted by Gasteiger charge is 2.22. The summed E-state index contributed by atoms with van der Waals surface area (Å²) in [4.78, 5) is 19.8. The maximum absolute atomic E-state index is 14.0. The van der Waals surface area contributed by atoms with Gasteiger partial charge in [0, 0.05) is 30.4 Å². The first kappa shape index (κ1) is 19.5. The van der Waals surface area contributed by atoms with Crippen molar-refractivity contribution in [1.82, 2.24) is 20.4 Å². The summed E-state index contributed by atoms with van der Waals surface area (Å²) in [5.74, 6) is -2.21. The molecule has 0 radical (unpaired) electrons. The average Bonchev–Trinajstić information content (AvgIpc) is 3.41. The highest BCUT2D eigenvalue weighted by molar-refractivity contribution is 5.92. The van der Waals surface area contributed by atoms with Gasteiger partial charge in [-0.3, -0.25) is 4.79 Å². The van der Waals surface area contributed by atoms with Crippen LogP contribution in [0.25, 0.3) is 11.3 Å². The van der Waals surface area contributed by atoms with Crippen molar-refractivity contribution in [2.75, 3.05) is 0 Å². The molecule has 152 valence electrons. The van der Waals surface area contributed by atoms with Crippen LogP contribution in [0.5, 0.6) is 0 Å². The number of rotatable bonds is 7. The molecule has 0 aliphatic rings. The van der Waals surface area contributed by atoms with Crippen LogP contribution in [0, 0.1) is 11.6 Å². The van der Waals surface area contributed by atoms with E-state index < -0.39 is 17.5 Å². The molecule has 4 aromatic rings. The second-order valence-electron chi connectivity index (χ2n) is 6.81. The van der Waals surface area contributed by atoms with Gasteiger partial charge in [-0.25, -0.2) is 13.8 Å². The number of carbonyl (C=O) groups is 1. The lowest BCUT2D eigenvalue weighted by molar-refractivity contribution is 0.0899. The Morgan fingerprint density at radius 3 is 2.53 bits per heavy atom. The predicted molar refractivity (Wildman–Crippen MR) is 106 cm³/mol. The van der Waals surface area contributed by atoms with Gasteiger partial charge in [0.15, 0.2) is 0 Å². The standard InChI is InChI=1S/C22H18F2N4O2/c23-17-7-4-8-18(24)21(17)19-11-20(30-28-19)22(29)27-15(10-16-12-25-13-26-16)9-14-5-2-1-3-6-14/h1-8,11-13,15H,9-10H2,(H,25,26)(H,27,29).